The Hall–Kier alpha value is -5.84. The summed E-state index contributed by atoms with van der Waals surface area (Å²) in [6, 6.07) is 51.3. The van der Waals surface area contributed by atoms with Crippen molar-refractivity contribution in [1.29, 1.82) is 0 Å². The molecule has 3 aromatic heterocycles. The molecule has 0 aliphatic carbocycles. The Morgan fingerprint density at radius 1 is 0.435 bits per heavy atom. The molecule has 0 fully saturated rings. The highest BCUT2D eigenvalue weighted by Gasteiger charge is 2.19. The van der Waals surface area contributed by atoms with Crippen LogP contribution in [-0.2, 0) is 0 Å². The van der Waals surface area contributed by atoms with Crippen LogP contribution >= 0.6 is 11.3 Å². The smallest absolute Gasteiger partial charge is 0.136 e. The zero-order valence-electron chi connectivity index (χ0n) is 24.6. The van der Waals surface area contributed by atoms with Crippen LogP contribution in [0.4, 0.5) is 0 Å². The Balaban J connectivity index is 1.17. The van der Waals surface area contributed by atoms with Gasteiger partial charge in [-0.3, -0.25) is 0 Å². The molecule has 10 rings (SSSR count). The first-order valence-electron chi connectivity index (χ1n) is 15.4. The molecule has 0 bridgehead atoms. The monoisotopic (exact) mass is 604 g/mol. The van der Waals surface area contributed by atoms with Crippen molar-refractivity contribution in [1.82, 2.24) is 9.97 Å². The van der Waals surface area contributed by atoms with E-state index in [9.17, 15) is 0 Å². The van der Waals surface area contributed by atoms with Crippen LogP contribution in [0, 0.1) is 0 Å². The first-order chi connectivity index (χ1) is 22.8. The average molecular weight is 605 g/mol. The summed E-state index contributed by atoms with van der Waals surface area (Å²) >= 11 is 1.82. The van der Waals surface area contributed by atoms with Gasteiger partial charge < -0.3 is 4.42 Å². The van der Waals surface area contributed by atoms with E-state index < -0.39 is 0 Å². The van der Waals surface area contributed by atoms with E-state index in [2.05, 4.69) is 109 Å². The van der Waals surface area contributed by atoms with Crippen LogP contribution in [-0.4, -0.2) is 9.97 Å². The van der Waals surface area contributed by atoms with Crippen LogP contribution < -0.4 is 0 Å². The molecule has 0 spiro atoms. The number of rotatable bonds is 3. The Morgan fingerprint density at radius 3 is 2.07 bits per heavy atom. The van der Waals surface area contributed by atoms with E-state index in [-0.39, 0.29) is 0 Å². The maximum atomic E-state index is 6.15. The molecule has 214 valence electrons. The predicted octanol–water partition coefficient (Wildman–Crippen LogP) is 12.1. The van der Waals surface area contributed by atoms with Gasteiger partial charge >= 0.3 is 0 Å². The summed E-state index contributed by atoms with van der Waals surface area (Å²) in [6.45, 7) is 0. The van der Waals surface area contributed by atoms with Gasteiger partial charge in [-0.15, -0.1) is 11.3 Å². The van der Waals surface area contributed by atoms with Gasteiger partial charge in [0.25, 0.3) is 0 Å². The second kappa shape index (κ2) is 9.83. The van der Waals surface area contributed by atoms with Crippen LogP contribution in [0.2, 0.25) is 0 Å². The Labute approximate surface area is 268 Å². The summed E-state index contributed by atoms with van der Waals surface area (Å²) < 4.78 is 8.68. The van der Waals surface area contributed by atoms with E-state index in [1.807, 2.05) is 47.7 Å². The van der Waals surface area contributed by atoms with Gasteiger partial charge in [-0.2, -0.15) is 0 Å². The molecule has 0 N–H and O–H groups in total. The summed E-state index contributed by atoms with van der Waals surface area (Å²) in [5, 5.41) is 7.11. The molecule has 46 heavy (non-hydrogen) atoms. The van der Waals surface area contributed by atoms with Gasteiger partial charge in [0.15, 0.2) is 0 Å². The van der Waals surface area contributed by atoms with Gasteiger partial charge in [-0.1, -0.05) is 91.0 Å². The third-order valence-electron chi connectivity index (χ3n) is 9.03. The molecular formula is C42H24N2OS. The lowest BCUT2D eigenvalue weighted by Crippen LogP contribution is -1.96. The van der Waals surface area contributed by atoms with Crippen LogP contribution in [0.15, 0.2) is 150 Å². The summed E-state index contributed by atoms with van der Waals surface area (Å²) in [4.78, 5) is 10.5. The van der Waals surface area contributed by atoms with Gasteiger partial charge in [0, 0.05) is 42.1 Å². The van der Waals surface area contributed by atoms with Gasteiger partial charge in [-0.25, -0.2) is 9.97 Å². The van der Waals surface area contributed by atoms with Crippen molar-refractivity contribution in [2.45, 2.75) is 0 Å². The minimum Gasteiger partial charge on any atom is -0.456 e. The molecule has 0 aliphatic rings. The minimum atomic E-state index is 0.885. The van der Waals surface area contributed by atoms with E-state index >= 15 is 0 Å². The van der Waals surface area contributed by atoms with E-state index in [4.69, 9.17) is 14.4 Å². The van der Waals surface area contributed by atoms with Crippen molar-refractivity contribution in [2.24, 2.45) is 0 Å². The van der Waals surface area contributed by atoms with E-state index in [0.717, 1.165) is 72.0 Å². The first kappa shape index (κ1) is 25.5. The largest absolute Gasteiger partial charge is 0.456 e. The van der Waals surface area contributed by atoms with Gasteiger partial charge in [0.05, 0.1) is 22.4 Å². The van der Waals surface area contributed by atoms with Crippen LogP contribution in [0.25, 0.3) is 97.6 Å². The van der Waals surface area contributed by atoms with E-state index in [1.165, 1.54) is 25.6 Å². The number of para-hydroxylation sites is 3. The van der Waals surface area contributed by atoms with E-state index in [1.54, 1.807) is 0 Å². The maximum Gasteiger partial charge on any atom is 0.136 e. The number of benzene rings is 7. The normalized spacial score (nSPS) is 11.9. The number of furan rings is 1. The third-order valence-corrected chi connectivity index (χ3v) is 10.2. The standard InChI is InChI=1S/C42H24N2OS/c1-5-16-36-30(11-1)33-23-29-22-26(19-20-27(29)24-37(33)45-36)25-9-7-10-28(21-25)41-42(44-35-15-4-3-14-34(35)43-41)32-13-8-18-39-40(32)31-12-2-6-17-38(31)46-39/h1-24H. The molecule has 3 nitrogen and oxygen atoms in total. The Kier molecular flexibility index (Phi) is 5.45. The molecule has 0 unspecified atom stereocenters. The molecule has 7 aromatic carbocycles. The maximum absolute atomic E-state index is 6.15. The van der Waals surface area contributed by atoms with Crippen molar-refractivity contribution in [2.75, 3.05) is 0 Å². The molecular weight excluding hydrogens is 581 g/mol. The number of fused-ring (bicyclic) bond motifs is 8. The molecule has 10 aromatic rings. The fourth-order valence-corrected chi connectivity index (χ4v) is 7.99. The second-order valence-electron chi connectivity index (χ2n) is 11.8. The van der Waals surface area contributed by atoms with Crippen LogP contribution in [0.1, 0.15) is 0 Å². The lowest BCUT2D eigenvalue weighted by atomic mass is 9.95. The highest BCUT2D eigenvalue weighted by Crippen LogP contribution is 2.42. The summed E-state index contributed by atoms with van der Waals surface area (Å²) in [6.07, 6.45) is 0. The van der Waals surface area contributed by atoms with Crippen molar-refractivity contribution in [3.63, 3.8) is 0 Å². The van der Waals surface area contributed by atoms with Gasteiger partial charge in [-0.05, 0) is 76.5 Å². The average Bonchev–Trinajstić information content (AvgIpc) is 3.68. The number of aromatic nitrogens is 2. The quantitative estimate of drug-likeness (QED) is 0.201. The SMILES string of the molecule is c1cc(-c2ccc3cc4oc5ccccc5c4cc3c2)cc(-c2nc3ccccc3nc2-c2cccc3sc4ccccc4c23)c1. The zero-order valence-corrected chi connectivity index (χ0v) is 25.4. The zero-order chi connectivity index (χ0) is 30.2. The lowest BCUT2D eigenvalue weighted by molar-refractivity contribution is 0.669. The Morgan fingerprint density at radius 2 is 1.15 bits per heavy atom. The van der Waals surface area contributed by atoms with Crippen LogP contribution in [0.5, 0.6) is 0 Å². The number of nitrogens with zero attached hydrogens (tertiary/aromatic N) is 2. The predicted molar refractivity (Wildman–Crippen MR) is 194 cm³/mol. The van der Waals surface area contributed by atoms with Gasteiger partial charge in [0.2, 0.25) is 0 Å². The van der Waals surface area contributed by atoms with Gasteiger partial charge in [0.1, 0.15) is 11.2 Å². The number of thiophene rings is 1. The minimum absolute atomic E-state index is 0.885. The third kappa shape index (κ3) is 3.91. The summed E-state index contributed by atoms with van der Waals surface area (Å²) in [7, 11) is 0. The highest BCUT2D eigenvalue weighted by atomic mass is 32.1. The van der Waals surface area contributed by atoms with Crippen molar-refractivity contribution in [3.8, 4) is 33.6 Å². The number of hydrogen-bond acceptors (Lipinski definition) is 4. The molecule has 4 heteroatoms. The fraction of sp³-hybridized carbons (Fsp3) is 0. The van der Waals surface area contributed by atoms with Crippen molar-refractivity contribution in [3.05, 3.63) is 146 Å². The van der Waals surface area contributed by atoms with Crippen LogP contribution in [0.3, 0.4) is 0 Å². The molecule has 0 radical (unpaired) electrons. The Bertz CT molecular complexity index is 2830. The first-order valence-corrected chi connectivity index (χ1v) is 16.2. The fourth-order valence-electron chi connectivity index (χ4n) is 6.86. The molecule has 0 atom stereocenters. The topological polar surface area (TPSA) is 38.9 Å². The van der Waals surface area contributed by atoms with E-state index in [0.29, 0.717) is 0 Å². The lowest BCUT2D eigenvalue weighted by Gasteiger charge is -2.13. The second-order valence-corrected chi connectivity index (χ2v) is 12.9. The molecule has 0 saturated heterocycles. The summed E-state index contributed by atoms with van der Waals surface area (Å²) in [5.74, 6) is 0. The molecule has 0 saturated carbocycles. The van der Waals surface area contributed by atoms with Crippen molar-refractivity contribution < 1.29 is 4.42 Å². The van der Waals surface area contributed by atoms with Crippen molar-refractivity contribution >= 4 is 75.3 Å². The molecule has 3 heterocycles. The summed E-state index contributed by atoms with van der Waals surface area (Å²) in [5.41, 5.74) is 9.83. The highest BCUT2D eigenvalue weighted by molar-refractivity contribution is 7.25. The molecule has 0 amide bonds. The molecule has 0 aliphatic heterocycles. The number of hydrogen-bond donors (Lipinski definition) is 0.